The Kier molecular flexibility index (Phi) is 17.4. The van der Waals surface area contributed by atoms with Gasteiger partial charge in [0.25, 0.3) is 0 Å². The molecule has 1 unspecified atom stereocenters. The predicted octanol–water partition coefficient (Wildman–Crippen LogP) is 6.59. The molecule has 0 spiro atoms. The summed E-state index contributed by atoms with van der Waals surface area (Å²) in [6.07, 6.45) is 16.4. The summed E-state index contributed by atoms with van der Waals surface area (Å²) in [6, 6.07) is 9.81. The van der Waals surface area contributed by atoms with Crippen LogP contribution in [0, 0.1) is 0 Å². The number of hydrogen-bond donors (Lipinski definition) is 1. The fourth-order valence-electron chi connectivity index (χ4n) is 3.48. The van der Waals surface area contributed by atoms with Crippen molar-refractivity contribution >= 4 is 5.97 Å². The van der Waals surface area contributed by atoms with Crippen molar-refractivity contribution in [3.05, 3.63) is 35.9 Å². The predicted molar refractivity (Wildman–Crippen MR) is 123 cm³/mol. The van der Waals surface area contributed by atoms with Crippen LogP contribution < -0.4 is 0 Å². The van der Waals surface area contributed by atoms with Crippen LogP contribution in [0.2, 0.25) is 0 Å². The quantitative estimate of drug-likeness (QED) is 0.191. The number of carbonyl (C=O) groups excluding carboxylic acids is 1. The van der Waals surface area contributed by atoms with E-state index in [1.165, 1.54) is 70.6 Å². The van der Waals surface area contributed by atoms with Crippen LogP contribution in [0.4, 0.5) is 0 Å². The first-order valence-corrected chi connectivity index (χ1v) is 12.2. The van der Waals surface area contributed by atoms with Crippen LogP contribution >= 0.6 is 0 Å². The Morgan fingerprint density at radius 3 is 1.90 bits per heavy atom. The Labute approximate surface area is 184 Å². The van der Waals surface area contributed by atoms with Gasteiger partial charge in [0.05, 0.1) is 13.2 Å². The zero-order valence-corrected chi connectivity index (χ0v) is 19.2. The molecule has 30 heavy (non-hydrogen) atoms. The molecule has 0 saturated heterocycles. The molecule has 0 heterocycles. The molecule has 4 nitrogen and oxygen atoms in total. The van der Waals surface area contributed by atoms with Gasteiger partial charge >= 0.3 is 5.97 Å². The normalized spacial score (nSPS) is 12.1. The van der Waals surface area contributed by atoms with Crippen LogP contribution in [-0.2, 0) is 20.9 Å². The molecule has 0 fully saturated rings. The summed E-state index contributed by atoms with van der Waals surface area (Å²) in [6.45, 7) is 2.88. The van der Waals surface area contributed by atoms with E-state index in [2.05, 4.69) is 6.92 Å². The van der Waals surface area contributed by atoms with Gasteiger partial charge < -0.3 is 14.6 Å². The molecule has 0 aliphatic rings. The van der Waals surface area contributed by atoms with Crippen LogP contribution in [0.3, 0.4) is 0 Å². The topological polar surface area (TPSA) is 55.8 Å². The first kappa shape index (κ1) is 26.6. The molecule has 0 saturated carbocycles. The molecule has 1 N–H and O–H groups in total. The molecular weight excluding hydrogens is 376 g/mol. The Morgan fingerprint density at radius 1 is 0.800 bits per heavy atom. The zero-order valence-electron chi connectivity index (χ0n) is 19.2. The molecule has 1 rings (SSSR count). The summed E-state index contributed by atoms with van der Waals surface area (Å²) in [4.78, 5) is 11.8. The molecule has 0 bridgehead atoms. The molecule has 1 atom stereocenters. The molecule has 1 aromatic rings. The summed E-state index contributed by atoms with van der Waals surface area (Å²) in [7, 11) is 0. The number of aliphatic hydroxyl groups is 1. The molecular formula is C26H44O4. The van der Waals surface area contributed by atoms with Crippen LogP contribution in [0.15, 0.2) is 30.3 Å². The zero-order chi connectivity index (χ0) is 21.7. The van der Waals surface area contributed by atoms with Crippen molar-refractivity contribution in [1.82, 2.24) is 0 Å². The van der Waals surface area contributed by atoms with Crippen molar-refractivity contribution in [3.8, 4) is 0 Å². The van der Waals surface area contributed by atoms with Gasteiger partial charge in [-0.05, 0) is 12.0 Å². The Balaban J connectivity index is 1.83. The van der Waals surface area contributed by atoms with Crippen LogP contribution in [0.5, 0.6) is 0 Å². The maximum absolute atomic E-state index is 11.8. The lowest BCUT2D eigenvalue weighted by Crippen LogP contribution is -2.23. The second kappa shape index (κ2) is 19.6. The van der Waals surface area contributed by atoms with Crippen LogP contribution in [0.25, 0.3) is 0 Å². The number of aliphatic hydroxyl groups excluding tert-OH is 1. The van der Waals surface area contributed by atoms with Gasteiger partial charge in [0.2, 0.25) is 0 Å². The molecule has 172 valence electrons. The fraction of sp³-hybridized carbons (Fsp3) is 0.731. The smallest absolute Gasteiger partial charge is 0.305 e. The largest absolute Gasteiger partial charge is 0.463 e. The second-order valence-corrected chi connectivity index (χ2v) is 8.33. The van der Waals surface area contributed by atoms with Crippen molar-refractivity contribution < 1.29 is 19.4 Å². The number of unbranched alkanes of at least 4 members (excludes halogenated alkanes) is 12. The number of ether oxygens (including phenoxy) is 2. The molecule has 1 aromatic carbocycles. The van der Waals surface area contributed by atoms with Crippen molar-refractivity contribution in [2.24, 2.45) is 0 Å². The van der Waals surface area contributed by atoms with E-state index < -0.39 is 6.10 Å². The highest BCUT2D eigenvalue weighted by Gasteiger charge is 2.09. The van der Waals surface area contributed by atoms with Gasteiger partial charge in [-0.25, -0.2) is 0 Å². The minimum Gasteiger partial charge on any atom is -0.463 e. The second-order valence-electron chi connectivity index (χ2n) is 8.33. The highest BCUT2D eigenvalue weighted by molar-refractivity contribution is 5.69. The van der Waals surface area contributed by atoms with E-state index >= 15 is 0 Å². The SMILES string of the molecule is CCCCCCCCCCCCCCCC(=O)OCC(O)COCc1ccccc1. The van der Waals surface area contributed by atoms with Gasteiger partial charge in [-0.2, -0.15) is 0 Å². The van der Waals surface area contributed by atoms with Crippen LogP contribution in [-0.4, -0.2) is 30.4 Å². The van der Waals surface area contributed by atoms with Crippen LogP contribution in [0.1, 0.15) is 102 Å². The van der Waals surface area contributed by atoms with E-state index in [0.717, 1.165) is 18.4 Å². The monoisotopic (exact) mass is 420 g/mol. The Morgan fingerprint density at radius 2 is 1.33 bits per heavy atom. The van der Waals surface area contributed by atoms with E-state index in [9.17, 15) is 9.90 Å². The van der Waals surface area contributed by atoms with Gasteiger partial charge in [0.15, 0.2) is 0 Å². The maximum Gasteiger partial charge on any atom is 0.305 e. The van der Waals surface area contributed by atoms with E-state index in [0.29, 0.717) is 13.0 Å². The van der Waals surface area contributed by atoms with Gasteiger partial charge in [0.1, 0.15) is 12.7 Å². The van der Waals surface area contributed by atoms with Gasteiger partial charge in [0, 0.05) is 6.42 Å². The van der Waals surface area contributed by atoms with Crippen molar-refractivity contribution in [1.29, 1.82) is 0 Å². The number of esters is 1. The summed E-state index contributed by atoms with van der Waals surface area (Å²) in [5.41, 5.74) is 1.06. The summed E-state index contributed by atoms with van der Waals surface area (Å²) in [5.74, 6) is -0.222. The van der Waals surface area contributed by atoms with E-state index in [1.807, 2.05) is 30.3 Å². The number of hydrogen-bond acceptors (Lipinski definition) is 4. The third-order valence-electron chi connectivity index (χ3n) is 5.34. The molecule has 0 aliphatic heterocycles. The number of rotatable bonds is 20. The Hall–Kier alpha value is -1.39. The number of carbonyl (C=O) groups is 1. The lowest BCUT2D eigenvalue weighted by atomic mass is 10.0. The molecule has 0 aromatic heterocycles. The standard InChI is InChI=1S/C26H44O4/c1-2-3-4-5-6-7-8-9-10-11-12-13-17-20-26(28)30-23-25(27)22-29-21-24-18-15-14-16-19-24/h14-16,18-19,25,27H,2-13,17,20-23H2,1H3. The third-order valence-corrected chi connectivity index (χ3v) is 5.34. The Bertz CT molecular complexity index is 503. The number of benzene rings is 1. The van der Waals surface area contributed by atoms with Gasteiger partial charge in [-0.3, -0.25) is 4.79 Å². The lowest BCUT2D eigenvalue weighted by molar-refractivity contribution is -0.148. The molecule has 4 heteroatoms. The first-order chi connectivity index (χ1) is 14.7. The highest BCUT2D eigenvalue weighted by atomic mass is 16.5. The van der Waals surface area contributed by atoms with Crippen molar-refractivity contribution in [2.45, 2.75) is 110 Å². The molecule has 0 radical (unpaired) electrons. The highest BCUT2D eigenvalue weighted by Crippen LogP contribution is 2.13. The average Bonchev–Trinajstić information content (AvgIpc) is 2.76. The van der Waals surface area contributed by atoms with E-state index in [-0.39, 0.29) is 19.2 Å². The fourth-order valence-corrected chi connectivity index (χ4v) is 3.48. The van der Waals surface area contributed by atoms with Gasteiger partial charge in [-0.15, -0.1) is 0 Å². The minimum atomic E-state index is -0.774. The van der Waals surface area contributed by atoms with Crippen molar-refractivity contribution in [2.75, 3.05) is 13.2 Å². The summed E-state index contributed by atoms with van der Waals surface area (Å²) in [5, 5.41) is 9.86. The minimum absolute atomic E-state index is 0.00602. The summed E-state index contributed by atoms with van der Waals surface area (Å²) >= 11 is 0. The maximum atomic E-state index is 11.8. The third kappa shape index (κ3) is 16.4. The summed E-state index contributed by atoms with van der Waals surface area (Å²) < 4.78 is 10.6. The van der Waals surface area contributed by atoms with Crippen molar-refractivity contribution in [3.63, 3.8) is 0 Å². The van der Waals surface area contributed by atoms with E-state index in [4.69, 9.17) is 9.47 Å². The first-order valence-electron chi connectivity index (χ1n) is 12.2. The average molecular weight is 421 g/mol. The van der Waals surface area contributed by atoms with Gasteiger partial charge in [-0.1, -0.05) is 114 Å². The molecule has 0 amide bonds. The van der Waals surface area contributed by atoms with E-state index in [1.54, 1.807) is 0 Å². The lowest BCUT2D eigenvalue weighted by Gasteiger charge is -2.12. The molecule has 0 aliphatic carbocycles.